The summed E-state index contributed by atoms with van der Waals surface area (Å²) in [5.41, 5.74) is -0.344. The molecule has 1 N–H and O–H groups in total. The molecule has 0 unspecified atom stereocenters. The van der Waals surface area contributed by atoms with Gasteiger partial charge >= 0.3 is 12.1 Å². The van der Waals surface area contributed by atoms with Crippen LogP contribution in [0.5, 0.6) is 0 Å². The number of aliphatic hydroxyl groups is 1. The molecule has 14 atom stereocenters. The van der Waals surface area contributed by atoms with E-state index in [1.807, 2.05) is 60.5 Å². The number of likely N-dealkylation sites (N-methyl/N-ethyl adjacent to an activating group) is 1. The van der Waals surface area contributed by atoms with Gasteiger partial charge < -0.3 is 38.4 Å². The first-order chi connectivity index (χ1) is 22.5. The molecule has 5 aliphatic rings. The Labute approximate surface area is 286 Å². The van der Waals surface area contributed by atoms with E-state index in [0.717, 1.165) is 11.3 Å². The fourth-order valence-corrected chi connectivity index (χ4v) is 9.21. The van der Waals surface area contributed by atoms with Gasteiger partial charge in [-0.2, -0.15) is 0 Å². The predicted octanol–water partition coefficient (Wildman–Crippen LogP) is 3.83. The van der Waals surface area contributed by atoms with Crippen molar-refractivity contribution in [2.75, 3.05) is 40.4 Å². The number of hydrogen-bond acceptors (Lipinski definition) is 11. The highest BCUT2D eigenvalue weighted by Gasteiger charge is 2.60. The van der Waals surface area contributed by atoms with Gasteiger partial charge in [0.15, 0.2) is 11.9 Å². The van der Waals surface area contributed by atoms with Crippen molar-refractivity contribution >= 4 is 17.8 Å². The summed E-state index contributed by atoms with van der Waals surface area (Å²) in [7, 11) is 3.89. The van der Waals surface area contributed by atoms with Gasteiger partial charge in [0, 0.05) is 30.1 Å². The molecule has 5 aliphatic heterocycles. The Balaban J connectivity index is 1.63. The molecule has 5 heterocycles. The van der Waals surface area contributed by atoms with Crippen LogP contribution in [0, 0.1) is 23.7 Å². The number of aliphatic imine (C=N–C) groups is 1. The van der Waals surface area contributed by atoms with Crippen LogP contribution in [0.25, 0.3) is 0 Å². The van der Waals surface area contributed by atoms with Crippen LogP contribution in [-0.4, -0.2) is 133 Å². The van der Waals surface area contributed by atoms with Crippen molar-refractivity contribution in [3.63, 3.8) is 0 Å². The normalized spacial score (nSPS) is 46.1. The van der Waals surface area contributed by atoms with Crippen molar-refractivity contribution in [2.45, 2.75) is 135 Å². The summed E-state index contributed by atoms with van der Waals surface area (Å²) in [6, 6.07) is -0.559. The van der Waals surface area contributed by atoms with Gasteiger partial charge in [-0.15, -0.1) is 0 Å². The van der Waals surface area contributed by atoms with Crippen molar-refractivity contribution in [3.05, 3.63) is 12.2 Å². The Morgan fingerprint density at radius 2 is 1.81 bits per heavy atom. The van der Waals surface area contributed by atoms with Gasteiger partial charge in [0.1, 0.15) is 12.2 Å². The Morgan fingerprint density at radius 1 is 1.10 bits per heavy atom. The quantitative estimate of drug-likeness (QED) is 0.346. The van der Waals surface area contributed by atoms with Gasteiger partial charge in [0.2, 0.25) is 0 Å². The van der Waals surface area contributed by atoms with E-state index < -0.39 is 65.8 Å². The highest BCUT2D eigenvalue weighted by molar-refractivity contribution is 5.91. The molecule has 4 fully saturated rings. The monoisotopic (exact) mass is 677 g/mol. The zero-order valence-electron chi connectivity index (χ0n) is 30.6. The number of ether oxygens (including phenoxy) is 6. The van der Waals surface area contributed by atoms with Crippen molar-refractivity contribution in [2.24, 2.45) is 28.7 Å². The zero-order valence-corrected chi connectivity index (χ0v) is 30.6. The Hall–Kier alpha value is -2.09. The maximum absolute atomic E-state index is 14.2. The summed E-state index contributed by atoms with van der Waals surface area (Å²) in [4.78, 5) is 36.4. The third kappa shape index (κ3) is 6.82. The van der Waals surface area contributed by atoms with Crippen molar-refractivity contribution in [1.82, 2.24) is 9.80 Å². The Kier molecular flexibility index (Phi) is 11.0. The molecule has 12 nitrogen and oxygen atoms in total. The molecule has 0 aromatic carbocycles. The fourth-order valence-electron chi connectivity index (χ4n) is 9.21. The van der Waals surface area contributed by atoms with E-state index >= 15 is 0 Å². The van der Waals surface area contributed by atoms with E-state index in [1.54, 1.807) is 4.90 Å². The average molecular weight is 678 g/mol. The summed E-state index contributed by atoms with van der Waals surface area (Å²) in [5.74, 6) is -1.87. The topological polar surface area (TPSA) is 129 Å². The number of carbonyl (C=O) groups is 2. The minimum atomic E-state index is -1.08. The molecule has 48 heavy (non-hydrogen) atoms. The minimum absolute atomic E-state index is 0.0924. The Morgan fingerprint density at radius 3 is 2.48 bits per heavy atom. The average Bonchev–Trinajstić information content (AvgIpc) is 3.16. The summed E-state index contributed by atoms with van der Waals surface area (Å²) in [5, 5.41) is 11.6. The van der Waals surface area contributed by atoms with Crippen molar-refractivity contribution in [3.8, 4) is 0 Å². The molecule has 272 valence electrons. The van der Waals surface area contributed by atoms with E-state index in [9.17, 15) is 14.7 Å². The van der Waals surface area contributed by atoms with E-state index in [2.05, 4.69) is 20.4 Å². The lowest BCUT2D eigenvalue weighted by molar-refractivity contribution is -0.302. The van der Waals surface area contributed by atoms with Gasteiger partial charge in [-0.3, -0.25) is 14.7 Å². The maximum Gasteiger partial charge on any atom is 0.410 e. The van der Waals surface area contributed by atoms with Crippen LogP contribution in [0.1, 0.15) is 74.7 Å². The third-order valence-electron chi connectivity index (χ3n) is 11.6. The van der Waals surface area contributed by atoms with Gasteiger partial charge in [-0.1, -0.05) is 34.3 Å². The lowest BCUT2D eigenvalue weighted by Gasteiger charge is -2.48. The second-order valence-corrected chi connectivity index (χ2v) is 15.6. The largest absolute Gasteiger partial charge is 0.458 e. The van der Waals surface area contributed by atoms with Gasteiger partial charge in [-0.25, -0.2) is 4.79 Å². The first-order valence-electron chi connectivity index (χ1n) is 17.8. The molecular formula is C36H59N3O9. The first kappa shape index (κ1) is 37.2. The van der Waals surface area contributed by atoms with E-state index in [4.69, 9.17) is 33.4 Å². The van der Waals surface area contributed by atoms with Crippen LogP contribution in [-0.2, 0) is 33.2 Å². The lowest BCUT2D eigenvalue weighted by Crippen LogP contribution is -2.60. The SMILES string of the molecule is C=C1CO[C@H]2[C@H](C)[C@@H](O[C@H]3O[C@@H](C)C[C@@H](N(C)C)[C@@H]3O)[C@@](C)(C[C@@H](C)C3=NCCN4C(=O)O[C@](C)([C@@H](CC)OC(=O)[C@@H]2C)[C@H]4[C@H]3C)OC1. The molecule has 12 heteroatoms. The fraction of sp³-hybridized carbons (Fsp3) is 0.861. The number of aliphatic hydroxyl groups excluding tert-OH is 1. The number of carbonyl (C=O) groups excluding carboxylic acids is 2. The maximum atomic E-state index is 14.2. The summed E-state index contributed by atoms with van der Waals surface area (Å²) in [6.07, 6.45) is -2.82. The van der Waals surface area contributed by atoms with Crippen LogP contribution in [0.4, 0.5) is 4.79 Å². The molecule has 0 aromatic heterocycles. The molecule has 0 saturated carbocycles. The molecule has 4 bridgehead atoms. The van der Waals surface area contributed by atoms with Gasteiger partial charge in [0.25, 0.3) is 0 Å². The second kappa shape index (κ2) is 14.3. The Bertz CT molecular complexity index is 1240. The zero-order chi connectivity index (χ0) is 35.3. The second-order valence-electron chi connectivity index (χ2n) is 15.6. The molecule has 4 saturated heterocycles. The lowest BCUT2D eigenvalue weighted by atomic mass is 9.72. The molecule has 0 aromatic rings. The van der Waals surface area contributed by atoms with E-state index in [-0.39, 0.29) is 43.2 Å². The molecule has 0 spiro atoms. The molecular weight excluding hydrogens is 618 g/mol. The predicted molar refractivity (Wildman–Crippen MR) is 180 cm³/mol. The van der Waals surface area contributed by atoms with E-state index in [1.165, 1.54) is 0 Å². The van der Waals surface area contributed by atoms with Crippen LogP contribution in [0.15, 0.2) is 17.1 Å². The minimum Gasteiger partial charge on any atom is -0.458 e. The molecule has 0 aliphatic carbocycles. The summed E-state index contributed by atoms with van der Waals surface area (Å²) >= 11 is 0. The summed E-state index contributed by atoms with van der Waals surface area (Å²) in [6.45, 7) is 21.4. The standard InChI is InChI=1S/C36H59N3O9/c1-12-26-36(9)30-22(5)27(37-13-14-39(30)34(42)48-36)20(3)16-35(8)31(47-33-28(40)25(38(10)11)15-21(4)45-33)23(6)29(24(7)32(41)46-26)43-17-19(2)18-44-35/h20-26,28-31,33,40H,2,12-18H2,1,3-11H3/t20-,21+,22+,23+,24-,25-,26-,28+,29+,30-,31-,33-,35-,36-/m1/s1. The van der Waals surface area contributed by atoms with Crippen LogP contribution >= 0.6 is 0 Å². The number of amides is 1. The number of esters is 1. The van der Waals surface area contributed by atoms with Crippen LogP contribution in [0.3, 0.4) is 0 Å². The van der Waals surface area contributed by atoms with Gasteiger partial charge in [0.05, 0.1) is 55.6 Å². The first-order valence-corrected chi connectivity index (χ1v) is 17.8. The summed E-state index contributed by atoms with van der Waals surface area (Å²) < 4.78 is 39.0. The number of rotatable bonds is 4. The highest BCUT2D eigenvalue weighted by atomic mass is 16.7. The number of fused-ring (bicyclic) bond motifs is 4. The van der Waals surface area contributed by atoms with E-state index in [0.29, 0.717) is 32.4 Å². The van der Waals surface area contributed by atoms with Crippen molar-refractivity contribution < 1.29 is 43.1 Å². The van der Waals surface area contributed by atoms with Gasteiger partial charge in [-0.05, 0) is 72.5 Å². The molecule has 5 rings (SSSR count). The third-order valence-corrected chi connectivity index (χ3v) is 11.6. The van der Waals surface area contributed by atoms with Crippen LogP contribution in [0.2, 0.25) is 0 Å². The smallest absolute Gasteiger partial charge is 0.410 e. The number of nitrogens with zero attached hydrogens (tertiary/aromatic N) is 3. The van der Waals surface area contributed by atoms with Crippen LogP contribution < -0.4 is 0 Å². The molecule has 1 amide bonds. The molecule has 0 radical (unpaired) electrons. The highest BCUT2D eigenvalue weighted by Crippen LogP contribution is 2.45. The van der Waals surface area contributed by atoms with Crippen molar-refractivity contribution in [1.29, 1.82) is 0 Å². The number of hydrogen-bond donors (Lipinski definition) is 1. The number of cyclic esters (lactones) is 1.